The molecule has 1 heterocycles. The van der Waals surface area contributed by atoms with E-state index in [1.54, 1.807) is 6.07 Å². The van der Waals surface area contributed by atoms with Gasteiger partial charge in [-0.15, -0.1) is 0 Å². The Morgan fingerprint density at radius 2 is 1.81 bits per heavy atom. The third kappa shape index (κ3) is 6.33. The number of aromatic nitrogens is 1. The van der Waals surface area contributed by atoms with Crippen LogP contribution < -0.4 is 10.2 Å². The Bertz CT molecular complexity index is 456. The van der Waals surface area contributed by atoms with Crippen LogP contribution in [0.1, 0.15) is 44.9 Å². The minimum atomic E-state index is -4.24. The van der Waals surface area contributed by atoms with Crippen LogP contribution in [0, 0.1) is 0 Å². The predicted molar refractivity (Wildman–Crippen MR) is 79.6 cm³/mol. The van der Waals surface area contributed by atoms with Crippen LogP contribution in [0.5, 0.6) is 0 Å². The molecular weight excluding hydrogens is 279 g/mol. The van der Waals surface area contributed by atoms with Crippen molar-refractivity contribution >= 4 is 5.82 Å². The van der Waals surface area contributed by atoms with E-state index in [4.69, 9.17) is 0 Å². The number of halogens is 3. The predicted octanol–water partition coefficient (Wildman–Crippen LogP) is 3.70. The first kappa shape index (κ1) is 17.8. The van der Waals surface area contributed by atoms with Crippen LogP contribution in [0.4, 0.5) is 19.0 Å². The summed E-state index contributed by atoms with van der Waals surface area (Å²) in [4.78, 5) is 5.49. The molecule has 0 spiro atoms. The summed E-state index contributed by atoms with van der Waals surface area (Å²) >= 11 is 0. The average molecular weight is 303 g/mol. The lowest BCUT2D eigenvalue weighted by Gasteiger charge is -2.22. The second-order valence-corrected chi connectivity index (χ2v) is 5.92. The van der Waals surface area contributed by atoms with E-state index in [0.717, 1.165) is 16.2 Å². The summed E-state index contributed by atoms with van der Waals surface area (Å²) < 4.78 is 37.6. The van der Waals surface area contributed by atoms with Crippen molar-refractivity contribution in [1.82, 2.24) is 10.3 Å². The van der Waals surface area contributed by atoms with Crippen molar-refractivity contribution in [2.45, 2.75) is 52.4 Å². The molecule has 1 aromatic heterocycles. The fraction of sp³-hybridized carbons (Fsp3) is 0.667. The SMILES string of the molecule is CC(C)NCc1cc(C(C)C)nc(N(C)CC(F)(F)F)c1. The van der Waals surface area contributed by atoms with Crippen LogP contribution in [0.2, 0.25) is 0 Å². The third-order valence-electron chi connectivity index (χ3n) is 3.00. The van der Waals surface area contributed by atoms with Crippen molar-refractivity contribution in [3.05, 3.63) is 23.4 Å². The number of hydrogen-bond donors (Lipinski definition) is 1. The van der Waals surface area contributed by atoms with Crippen LogP contribution in [0.25, 0.3) is 0 Å². The van der Waals surface area contributed by atoms with E-state index in [2.05, 4.69) is 10.3 Å². The second-order valence-electron chi connectivity index (χ2n) is 5.92. The summed E-state index contributed by atoms with van der Waals surface area (Å²) in [5, 5.41) is 3.27. The van der Waals surface area contributed by atoms with E-state index in [9.17, 15) is 13.2 Å². The zero-order valence-electron chi connectivity index (χ0n) is 13.3. The van der Waals surface area contributed by atoms with E-state index in [1.807, 2.05) is 33.8 Å². The standard InChI is InChI=1S/C15H24F3N3/c1-10(2)13-6-12(8-19-11(3)4)7-14(20-13)21(5)9-15(16,17)18/h6-7,10-11,19H,8-9H2,1-5H3. The fourth-order valence-electron chi connectivity index (χ4n) is 1.86. The lowest BCUT2D eigenvalue weighted by molar-refractivity contribution is -0.119. The first-order chi connectivity index (χ1) is 9.58. The topological polar surface area (TPSA) is 28.2 Å². The van der Waals surface area contributed by atoms with Gasteiger partial charge in [-0.05, 0) is 23.6 Å². The Balaban J connectivity index is 3.01. The van der Waals surface area contributed by atoms with E-state index < -0.39 is 12.7 Å². The zero-order valence-corrected chi connectivity index (χ0v) is 13.3. The molecule has 3 nitrogen and oxygen atoms in total. The molecule has 0 aromatic carbocycles. The Hall–Kier alpha value is -1.30. The lowest BCUT2D eigenvalue weighted by atomic mass is 10.1. The van der Waals surface area contributed by atoms with Crippen LogP contribution >= 0.6 is 0 Å². The number of hydrogen-bond acceptors (Lipinski definition) is 3. The molecule has 0 atom stereocenters. The molecule has 0 aliphatic rings. The summed E-state index contributed by atoms with van der Waals surface area (Å²) in [7, 11) is 1.42. The molecule has 1 aromatic rings. The monoisotopic (exact) mass is 303 g/mol. The quantitative estimate of drug-likeness (QED) is 0.868. The maximum absolute atomic E-state index is 12.5. The van der Waals surface area contributed by atoms with Gasteiger partial charge in [-0.2, -0.15) is 13.2 Å². The number of nitrogens with zero attached hydrogens (tertiary/aromatic N) is 2. The number of anilines is 1. The maximum Gasteiger partial charge on any atom is 0.405 e. The molecule has 1 rings (SSSR count). The van der Waals surface area contributed by atoms with Crippen molar-refractivity contribution in [1.29, 1.82) is 0 Å². The molecule has 0 saturated carbocycles. The number of nitrogens with one attached hydrogen (secondary N) is 1. The van der Waals surface area contributed by atoms with Crippen LogP contribution in [-0.4, -0.2) is 30.8 Å². The van der Waals surface area contributed by atoms with Crippen LogP contribution in [-0.2, 0) is 6.54 Å². The van der Waals surface area contributed by atoms with E-state index in [-0.39, 0.29) is 5.92 Å². The molecule has 0 unspecified atom stereocenters. The summed E-state index contributed by atoms with van der Waals surface area (Å²) in [5.41, 5.74) is 1.76. The average Bonchev–Trinajstić information content (AvgIpc) is 2.33. The second kappa shape index (κ2) is 7.11. The lowest BCUT2D eigenvalue weighted by Crippen LogP contribution is -2.32. The molecule has 0 aliphatic heterocycles. The highest BCUT2D eigenvalue weighted by molar-refractivity contribution is 5.42. The molecule has 0 aliphatic carbocycles. The largest absolute Gasteiger partial charge is 0.405 e. The highest BCUT2D eigenvalue weighted by atomic mass is 19.4. The highest BCUT2D eigenvalue weighted by Gasteiger charge is 2.30. The van der Waals surface area contributed by atoms with E-state index in [0.29, 0.717) is 18.4 Å². The van der Waals surface area contributed by atoms with E-state index >= 15 is 0 Å². The molecule has 0 bridgehead atoms. The number of rotatable bonds is 6. The summed E-state index contributed by atoms with van der Waals surface area (Å²) in [6, 6.07) is 3.98. The first-order valence-corrected chi connectivity index (χ1v) is 7.10. The fourth-order valence-corrected chi connectivity index (χ4v) is 1.86. The molecular formula is C15H24F3N3. The molecule has 0 radical (unpaired) electrons. The zero-order chi connectivity index (χ0) is 16.2. The van der Waals surface area contributed by atoms with Gasteiger partial charge in [0.15, 0.2) is 0 Å². The van der Waals surface area contributed by atoms with Gasteiger partial charge in [0.05, 0.1) is 0 Å². The van der Waals surface area contributed by atoms with Crippen LogP contribution in [0.15, 0.2) is 12.1 Å². The molecule has 0 saturated heterocycles. The smallest absolute Gasteiger partial charge is 0.351 e. The van der Waals surface area contributed by atoms with Gasteiger partial charge < -0.3 is 10.2 Å². The Morgan fingerprint density at radius 1 is 1.19 bits per heavy atom. The number of pyridine rings is 1. The van der Waals surface area contributed by atoms with Gasteiger partial charge in [-0.25, -0.2) is 4.98 Å². The summed E-state index contributed by atoms with van der Waals surface area (Å²) in [6.07, 6.45) is -4.24. The summed E-state index contributed by atoms with van der Waals surface area (Å²) in [5.74, 6) is 0.529. The maximum atomic E-state index is 12.5. The molecule has 120 valence electrons. The molecule has 1 N–H and O–H groups in total. The normalized spacial score (nSPS) is 12.3. The van der Waals surface area contributed by atoms with Gasteiger partial charge in [-0.3, -0.25) is 0 Å². The van der Waals surface area contributed by atoms with Gasteiger partial charge in [0.25, 0.3) is 0 Å². The van der Waals surface area contributed by atoms with Crippen molar-refractivity contribution in [2.24, 2.45) is 0 Å². The van der Waals surface area contributed by atoms with Crippen LogP contribution in [0.3, 0.4) is 0 Å². The van der Waals surface area contributed by atoms with E-state index in [1.165, 1.54) is 7.05 Å². The molecule has 21 heavy (non-hydrogen) atoms. The molecule has 6 heteroatoms. The minimum Gasteiger partial charge on any atom is -0.351 e. The van der Waals surface area contributed by atoms with Crippen molar-refractivity contribution in [3.8, 4) is 0 Å². The third-order valence-corrected chi connectivity index (χ3v) is 3.00. The van der Waals surface area contributed by atoms with Gasteiger partial charge in [0.1, 0.15) is 12.4 Å². The number of alkyl halides is 3. The molecule has 0 fully saturated rings. The van der Waals surface area contributed by atoms with Gasteiger partial charge in [0.2, 0.25) is 0 Å². The highest BCUT2D eigenvalue weighted by Crippen LogP contribution is 2.23. The van der Waals surface area contributed by atoms with Gasteiger partial charge >= 0.3 is 6.18 Å². The van der Waals surface area contributed by atoms with Crippen molar-refractivity contribution in [3.63, 3.8) is 0 Å². The Morgan fingerprint density at radius 3 is 2.29 bits per heavy atom. The first-order valence-electron chi connectivity index (χ1n) is 7.10. The van der Waals surface area contributed by atoms with Crippen molar-refractivity contribution < 1.29 is 13.2 Å². The minimum absolute atomic E-state index is 0.169. The Kier molecular flexibility index (Phi) is 6.01. The Labute approximate surface area is 124 Å². The van der Waals surface area contributed by atoms with Gasteiger partial charge in [-0.1, -0.05) is 27.7 Å². The van der Waals surface area contributed by atoms with Crippen molar-refractivity contribution in [2.75, 3.05) is 18.5 Å². The summed E-state index contributed by atoms with van der Waals surface area (Å²) in [6.45, 7) is 7.64. The van der Waals surface area contributed by atoms with Gasteiger partial charge in [0, 0.05) is 25.3 Å². The molecule has 0 amide bonds.